The zero-order valence-corrected chi connectivity index (χ0v) is 20.8. The van der Waals surface area contributed by atoms with Crippen molar-refractivity contribution in [3.8, 4) is 0 Å². The predicted molar refractivity (Wildman–Crippen MR) is 145 cm³/mol. The Morgan fingerprint density at radius 1 is 0.857 bits per heavy atom. The van der Waals surface area contributed by atoms with Gasteiger partial charge < -0.3 is 10.5 Å². The molecule has 0 amide bonds. The second kappa shape index (κ2) is 8.22. The molecular formula is C29H22ClN3OS. The van der Waals surface area contributed by atoms with Crippen molar-refractivity contribution in [3.05, 3.63) is 123 Å². The van der Waals surface area contributed by atoms with Gasteiger partial charge in [0.25, 0.3) is 0 Å². The number of hydrogen-bond acceptors (Lipinski definition) is 5. The standard InChI is InChI=1S/C29H22ClN3OS/c1-17-23-25(31)26(35-28(23)32-18(2)24(17)30)27-33-22-16-10-9-15-21(22)29(34-27,19-11-5-3-6-12-19)20-13-7-4-8-14-20/h3-16H,31H2,1-2H3. The molecule has 0 aliphatic carbocycles. The number of aliphatic imine (C=N–C) groups is 1. The highest BCUT2D eigenvalue weighted by atomic mass is 35.5. The first-order chi connectivity index (χ1) is 17.0. The molecule has 0 saturated carbocycles. The number of anilines is 1. The lowest BCUT2D eigenvalue weighted by Crippen LogP contribution is -2.37. The van der Waals surface area contributed by atoms with Crippen molar-refractivity contribution in [2.45, 2.75) is 19.4 Å². The van der Waals surface area contributed by atoms with Crippen molar-refractivity contribution in [1.29, 1.82) is 0 Å². The van der Waals surface area contributed by atoms with Gasteiger partial charge in [-0.1, -0.05) is 90.5 Å². The molecule has 2 aromatic heterocycles. The number of ether oxygens (including phenoxy) is 1. The highest BCUT2D eigenvalue weighted by Gasteiger charge is 2.44. The second-order valence-corrected chi connectivity index (χ2v) is 9.99. The molecule has 4 nitrogen and oxygen atoms in total. The summed E-state index contributed by atoms with van der Waals surface area (Å²) in [6, 6.07) is 28.6. The van der Waals surface area contributed by atoms with Crippen LogP contribution in [0.5, 0.6) is 0 Å². The van der Waals surface area contributed by atoms with Crippen molar-refractivity contribution in [1.82, 2.24) is 4.98 Å². The molecule has 5 aromatic rings. The highest BCUT2D eigenvalue weighted by Crippen LogP contribution is 2.49. The maximum atomic E-state index is 6.99. The molecule has 1 aliphatic rings. The van der Waals surface area contributed by atoms with Crippen LogP contribution in [0.1, 0.15) is 32.8 Å². The lowest BCUT2D eigenvalue weighted by atomic mass is 9.78. The van der Waals surface area contributed by atoms with Gasteiger partial charge in [-0.3, -0.25) is 0 Å². The van der Waals surface area contributed by atoms with E-state index in [-0.39, 0.29) is 0 Å². The molecule has 0 saturated heterocycles. The fourth-order valence-corrected chi connectivity index (χ4v) is 6.12. The van der Waals surface area contributed by atoms with E-state index in [0.29, 0.717) is 16.6 Å². The van der Waals surface area contributed by atoms with E-state index in [2.05, 4.69) is 30.3 Å². The summed E-state index contributed by atoms with van der Waals surface area (Å²) in [5.41, 5.74) is 12.0. The Hall–Kier alpha value is -3.67. The van der Waals surface area contributed by atoms with Crippen LogP contribution in [-0.4, -0.2) is 10.9 Å². The Morgan fingerprint density at radius 3 is 2.11 bits per heavy atom. The third-order valence-electron chi connectivity index (χ3n) is 6.53. The Kier molecular flexibility index (Phi) is 5.13. The summed E-state index contributed by atoms with van der Waals surface area (Å²) in [6.45, 7) is 3.88. The van der Waals surface area contributed by atoms with Crippen LogP contribution in [0, 0.1) is 13.8 Å². The Morgan fingerprint density at radius 2 is 1.46 bits per heavy atom. The molecule has 172 valence electrons. The van der Waals surface area contributed by atoms with Crippen molar-refractivity contribution in [2.24, 2.45) is 4.99 Å². The van der Waals surface area contributed by atoms with Gasteiger partial charge in [-0.05, 0) is 25.5 Å². The molecule has 0 radical (unpaired) electrons. The first-order valence-corrected chi connectivity index (χ1v) is 12.5. The molecule has 0 fully saturated rings. The summed E-state index contributed by atoms with van der Waals surface area (Å²) in [4.78, 5) is 11.2. The van der Waals surface area contributed by atoms with Crippen LogP contribution in [0.15, 0.2) is 89.9 Å². The number of benzene rings is 3. The van der Waals surface area contributed by atoms with Crippen LogP contribution in [-0.2, 0) is 10.3 Å². The van der Waals surface area contributed by atoms with Gasteiger partial charge in [0, 0.05) is 22.1 Å². The largest absolute Gasteiger partial charge is 0.455 e. The first kappa shape index (κ1) is 21.8. The number of fused-ring (bicyclic) bond motifs is 2. The molecular weight excluding hydrogens is 474 g/mol. The maximum absolute atomic E-state index is 6.99. The molecule has 3 aromatic carbocycles. The van der Waals surface area contributed by atoms with Crippen molar-refractivity contribution in [3.63, 3.8) is 0 Å². The van der Waals surface area contributed by atoms with Crippen molar-refractivity contribution < 1.29 is 4.74 Å². The fourth-order valence-electron chi connectivity index (χ4n) is 4.85. The lowest BCUT2D eigenvalue weighted by molar-refractivity contribution is 0.138. The summed E-state index contributed by atoms with van der Waals surface area (Å²) in [6.07, 6.45) is 0. The Labute approximate surface area is 212 Å². The van der Waals surface area contributed by atoms with Crippen molar-refractivity contribution >= 4 is 50.4 Å². The van der Waals surface area contributed by atoms with E-state index in [1.54, 1.807) is 0 Å². The molecule has 6 rings (SSSR count). The van der Waals surface area contributed by atoms with Gasteiger partial charge >= 0.3 is 0 Å². The summed E-state index contributed by atoms with van der Waals surface area (Å²) in [5.74, 6) is 0.477. The second-order valence-electron chi connectivity index (χ2n) is 8.61. The van der Waals surface area contributed by atoms with Crippen LogP contribution >= 0.6 is 22.9 Å². The van der Waals surface area contributed by atoms with Gasteiger partial charge in [-0.25, -0.2) is 9.98 Å². The lowest BCUT2D eigenvalue weighted by Gasteiger charge is -2.39. The van der Waals surface area contributed by atoms with E-state index < -0.39 is 5.60 Å². The number of aryl methyl sites for hydroxylation is 2. The van der Waals surface area contributed by atoms with E-state index in [1.807, 2.05) is 68.4 Å². The predicted octanol–water partition coefficient (Wildman–Crippen LogP) is 7.55. The van der Waals surface area contributed by atoms with Gasteiger partial charge in [0.15, 0.2) is 5.60 Å². The fraction of sp³-hybridized carbons (Fsp3) is 0.103. The normalized spacial score (nSPS) is 14.3. The summed E-state index contributed by atoms with van der Waals surface area (Å²) >= 11 is 8.00. The highest BCUT2D eigenvalue weighted by molar-refractivity contribution is 7.21. The molecule has 0 spiro atoms. The zero-order valence-electron chi connectivity index (χ0n) is 19.2. The maximum Gasteiger partial charge on any atom is 0.235 e. The van der Waals surface area contributed by atoms with E-state index in [4.69, 9.17) is 32.0 Å². The summed E-state index contributed by atoms with van der Waals surface area (Å²) in [5, 5.41) is 1.49. The monoisotopic (exact) mass is 495 g/mol. The Balaban J connectivity index is 1.65. The molecule has 2 N–H and O–H groups in total. The minimum absolute atomic E-state index is 0.477. The minimum atomic E-state index is -0.894. The molecule has 0 unspecified atom stereocenters. The number of para-hydroxylation sites is 1. The average molecular weight is 496 g/mol. The zero-order chi connectivity index (χ0) is 24.2. The molecule has 35 heavy (non-hydrogen) atoms. The van der Waals surface area contributed by atoms with Gasteiger partial charge in [-0.15, -0.1) is 11.3 Å². The van der Waals surface area contributed by atoms with E-state index in [9.17, 15) is 0 Å². The molecule has 1 aliphatic heterocycles. The third-order valence-corrected chi connectivity index (χ3v) is 8.17. The number of hydrogen-bond donors (Lipinski definition) is 1. The van der Waals surface area contributed by atoms with Gasteiger partial charge in [0.2, 0.25) is 5.90 Å². The van der Waals surface area contributed by atoms with Crippen LogP contribution in [0.25, 0.3) is 10.2 Å². The average Bonchev–Trinajstić information content (AvgIpc) is 3.23. The number of aromatic nitrogens is 1. The van der Waals surface area contributed by atoms with E-state index in [0.717, 1.165) is 48.7 Å². The number of pyridine rings is 1. The van der Waals surface area contributed by atoms with Crippen molar-refractivity contribution in [2.75, 3.05) is 5.73 Å². The summed E-state index contributed by atoms with van der Waals surface area (Å²) < 4.78 is 6.99. The molecule has 6 heteroatoms. The third kappa shape index (κ3) is 3.27. The van der Waals surface area contributed by atoms with Crippen LogP contribution in [0.3, 0.4) is 0 Å². The van der Waals surface area contributed by atoms with Crippen LogP contribution in [0.2, 0.25) is 5.02 Å². The van der Waals surface area contributed by atoms with Gasteiger partial charge in [-0.2, -0.15) is 0 Å². The summed E-state index contributed by atoms with van der Waals surface area (Å²) in [7, 11) is 0. The number of nitrogens with zero attached hydrogens (tertiary/aromatic N) is 2. The molecule has 3 heterocycles. The SMILES string of the molecule is Cc1nc2sc(C3=Nc4ccccc4C(c4ccccc4)(c4ccccc4)O3)c(N)c2c(C)c1Cl. The van der Waals surface area contributed by atoms with E-state index in [1.165, 1.54) is 11.3 Å². The quantitative estimate of drug-likeness (QED) is 0.281. The number of thiophene rings is 1. The number of rotatable bonds is 3. The Bertz CT molecular complexity index is 1570. The minimum Gasteiger partial charge on any atom is -0.455 e. The van der Waals surface area contributed by atoms with Gasteiger partial charge in [0.05, 0.1) is 22.1 Å². The topological polar surface area (TPSA) is 60.5 Å². The number of nitrogen functional groups attached to an aromatic ring is 1. The smallest absolute Gasteiger partial charge is 0.235 e. The van der Waals surface area contributed by atoms with Gasteiger partial charge in [0.1, 0.15) is 9.71 Å². The van der Waals surface area contributed by atoms with Crippen LogP contribution < -0.4 is 5.73 Å². The molecule has 0 atom stereocenters. The van der Waals surface area contributed by atoms with Crippen LogP contribution in [0.4, 0.5) is 11.4 Å². The molecule has 0 bridgehead atoms. The number of nitrogens with two attached hydrogens (primary N) is 1. The van der Waals surface area contributed by atoms with E-state index >= 15 is 0 Å². The number of halogens is 1. The first-order valence-electron chi connectivity index (χ1n) is 11.3.